The molecule has 0 amide bonds. The van der Waals surface area contributed by atoms with Crippen LogP contribution in [0.5, 0.6) is 0 Å². The Kier molecular flexibility index (Phi) is 1.11. The molecule has 0 aromatic heterocycles. The molecule has 1 aromatic carbocycles. The van der Waals surface area contributed by atoms with Crippen molar-refractivity contribution >= 4 is 11.4 Å². The Bertz CT molecular complexity index is 277. The first-order valence-electron chi connectivity index (χ1n) is 3.98. The molecule has 2 heterocycles. The molecule has 62 valence electrons. The minimum absolute atomic E-state index is 0.963. The summed E-state index contributed by atoms with van der Waals surface area (Å²) in [5.41, 5.74) is 10.3. The molecule has 4 nitrogen and oxygen atoms in total. The van der Waals surface area contributed by atoms with Crippen molar-refractivity contribution in [2.75, 3.05) is 11.0 Å². The van der Waals surface area contributed by atoms with Crippen LogP contribution in [0.25, 0.3) is 0 Å². The van der Waals surface area contributed by atoms with Crippen molar-refractivity contribution < 1.29 is 4.94 Å². The number of benzene rings is 1. The van der Waals surface area contributed by atoms with E-state index in [1.807, 2.05) is 0 Å². The minimum atomic E-state index is 0.963. The highest BCUT2D eigenvalue weighted by Gasteiger charge is 2.17. The summed E-state index contributed by atoms with van der Waals surface area (Å²) in [6.07, 6.45) is 0. The van der Waals surface area contributed by atoms with Gasteiger partial charge in [-0.25, -0.2) is 11.0 Å². The minimum Gasteiger partial charge on any atom is -0.309 e. The fourth-order valence-electron chi connectivity index (χ4n) is 1.65. The van der Waals surface area contributed by atoms with Crippen LogP contribution < -0.4 is 16.3 Å². The summed E-state index contributed by atoms with van der Waals surface area (Å²) in [7, 11) is 0. The molecule has 3 rings (SSSR count). The standard InChI is InChI=1S/C8H9N3O/c1-5-3-9-4-6(5)2-8-7(1)10-12-11-8/h1-2,9-11H,3-4H2. The van der Waals surface area contributed by atoms with Crippen LogP contribution in [0.2, 0.25) is 0 Å². The smallest absolute Gasteiger partial charge is 0.0887 e. The van der Waals surface area contributed by atoms with Crippen molar-refractivity contribution in [1.82, 2.24) is 5.32 Å². The molecule has 0 unspecified atom stereocenters. The lowest BCUT2D eigenvalue weighted by molar-refractivity contribution is 0.282. The van der Waals surface area contributed by atoms with E-state index in [1.165, 1.54) is 11.1 Å². The normalized spacial score (nSPS) is 18.0. The first-order chi connectivity index (χ1) is 5.93. The second kappa shape index (κ2) is 2.12. The third-order valence-electron chi connectivity index (χ3n) is 2.29. The van der Waals surface area contributed by atoms with Crippen LogP contribution in [-0.2, 0) is 18.0 Å². The third-order valence-corrected chi connectivity index (χ3v) is 2.29. The monoisotopic (exact) mass is 163 g/mol. The van der Waals surface area contributed by atoms with Crippen LogP contribution in [0.4, 0.5) is 11.4 Å². The highest BCUT2D eigenvalue weighted by molar-refractivity contribution is 5.72. The number of nitrogens with one attached hydrogen (secondary N) is 3. The maximum Gasteiger partial charge on any atom is 0.0887 e. The van der Waals surface area contributed by atoms with Gasteiger partial charge in [-0.2, -0.15) is 4.94 Å². The van der Waals surface area contributed by atoms with E-state index in [0.29, 0.717) is 0 Å². The molecule has 0 atom stereocenters. The fourth-order valence-corrected chi connectivity index (χ4v) is 1.65. The molecule has 0 saturated carbocycles. The number of hydrogen-bond donors (Lipinski definition) is 3. The van der Waals surface area contributed by atoms with Crippen molar-refractivity contribution in [2.24, 2.45) is 0 Å². The number of fused-ring (bicyclic) bond motifs is 2. The SMILES string of the molecule is c1c2c(cc3c1NON3)CNC2. The van der Waals surface area contributed by atoms with Gasteiger partial charge in [0.15, 0.2) is 0 Å². The maximum atomic E-state index is 4.87. The largest absolute Gasteiger partial charge is 0.309 e. The summed E-state index contributed by atoms with van der Waals surface area (Å²) in [5.74, 6) is 0. The summed E-state index contributed by atoms with van der Waals surface area (Å²) in [6.45, 7) is 1.93. The molecule has 3 N–H and O–H groups in total. The molecular weight excluding hydrogens is 154 g/mol. The van der Waals surface area contributed by atoms with Gasteiger partial charge in [-0.1, -0.05) is 0 Å². The summed E-state index contributed by atoms with van der Waals surface area (Å²) in [5, 5.41) is 3.29. The van der Waals surface area contributed by atoms with Gasteiger partial charge in [-0.15, -0.1) is 0 Å². The van der Waals surface area contributed by atoms with Crippen molar-refractivity contribution in [1.29, 1.82) is 0 Å². The second-order valence-electron chi connectivity index (χ2n) is 3.08. The Morgan fingerprint density at radius 3 is 2.17 bits per heavy atom. The van der Waals surface area contributed by atoms with Crippen LogP contribution in [0.1, 0.15) is 11.1 Å². The molecule has 2 aliphatic heterocycles. The van der Waals surface area contributed by atoms with Gasteiger partial charge in [0.05, 0.1) is 11.4 Å². The van der Waals surface area contributed by atoms with Gasteiger partial charge in [0.2, 0.25) is 0 Å². The van der Waals surface area contributed by atoms with Crippen LogP contribution in [0.15, 0.2) is 12.1 Å². The van der Waals surface area contributed by atoms with E-state index in [9.17, 15) is 0 Å². The van der Waals surface area contributed by atoms with Gasteiger partial charge in [0.1, 0.15) is 0 Å². The molecule has 0 fully saturated rings. The fraction of sp³-hybridized carbons (Fsp3) is 0.250. The Morgan fingerprint density at radius 2 is 1.58 bits per heavy atom. The topological polar surface area (TPSA) is 45.3 Å². The van der Waals surface area contributed by atoms with Crippen molar-refractivity contribution in [2.45, 2.75) is 13.1 Å². The summed E-state index contributed by atoms with van der Waals surface area (Å²) in [4.78, 5) is 4.87. The zero-order valence-electron chi connectivity index (χ0n) is 6.48. The van der Waals surface area contributed by atoms with Crippen molar-refractivity contribution in [3.05, 3.63) is 23.3 Å². The molecule has 12 heavy (non-hydrogen) atoms. The van der Waals surface area contributed by atoms with Crippen molar-refractivity contribution in [3.8, 4) is 0 Å². The lowest BCUT2D eigenvalue weighted by Crippen LogP contribution is -2.00. The quantitative estimate of drug-likeness (QED) is 0.533. The van der Waals surface area contributed by atoms with E-state index in [1.54, 1.807) is 0 Å². The predicted octanol–water partition coefficient (Wildman–Crippen LogP) is 0.974. The molecule has 2 aliphatic rings. The highest BCUT2D eigenvalue weighted by atomic mass is 16.8. The number of anilines is 2. The highest BCUT2D eigenvalue weighted by Crippen LogP contribution is 2.31. The molecule has 0 radical (unpaired) electrons. The van der Waals surface area contributed by atoms with E-state index in [-0.39, 0.29) is 0 Å². The Morgan fingerprint density at radius 1 is 1.00 bits per heavy atom. The van der Waals surface area contributed by atoms with E-state index < -0.39 is 0 Å². The summed E-state index contributed by atoms with van der Waals surface area (Å²) < 4.78 is 0. The Labute approximate surface area is 69.8 Å². The van der Waals surface area contributed by atoms with Gasteiger partial charge < -0.3 is 5.32 Å². The van der Waals surface area contributed by atoms with Crippen LogP contribution in [0.3, 0.4) is 0 Å². The van der Waals surface area contributed by atoms with E-state index >= 15 is 0 Å². The van der Waals surface area contributed by atoms with Crippen LogP contribution >= 0.6 is 0 Å². The molecule has 0 saturated heterocycles. The van der Waals surface area contributed by atoms with Gasteiger partial charge in [-0.05, 0) is 23.3 Å². The summed E-state index contributed by atoms with van der Waals surface area (Å²) >= 11 is 0. The molecule has 0 aliphatic carbocycles. The average Bonchev–Trinajstić information content (AvgIpc) is 2.64. The van der Waals surface area contributed by atoms with Gasteiger partial charge in [0, 0.05) is 13.1 Å². The first-order valence-corrected chi connectivity index (χ1v) is 3.98. The second-order valence-corrected chi connectivity index (χ2v) is 3.08. The van der Waals surface area contributed by atoms with E-state index in [0.717, 1.165) is 24.5 Å². The molecular formula is C8H9N3O. The lowest BCUT2D eigenvalue weighted by Gasteiger charge is -2.00. The Hall–Kier alpha value is -1.26. The number of hydrogen-bond acceptors (Lipinski definition) is 4. The number of rotatable bonds is 0. The van der Waals surface area contributed by atoms with Gasteiger partial charge >= 0.3 is 0 Å². The van der Waals surface area contributed by atoms with Gasteiger partial charge in [0.25, 0.3) is 0 Å². The first kappa shape index (κ1) is 6.28. The van der Waals surface area contributed by atoms with Gasteiger partial charge in [-0.3, -0.25) is 0 Å². The van der Waals surface area contributed by atoms with E-state index in [2.05, 4.69) is 28.4 Å². The lowest BCUT2D eigenvalue weighted by atomic mass is 10.1. The molecule has 0 bridgehead atoms. The molecule has 4 heteroatoms. The Balaban J connectivity index is 2.18. The zero-order valence-corrected chi connectivity index (χ0v) is 6.48. The third kappa shape index (κ3) is 0.732. The molecule has 0 spiro atoms. The summed E-state index contributed by atoms with van der Waals surface area (Å²) in [6, 6.07) is 4.23. The molecule has 1 aromatic rings. The van der Waals surface area contributed by atoms with Crippen LogP contribution in [0, 0.1) is 0 Å². The average molecular weight is 163 g/mol. The predicted molar refractivity (Wildman–Crippen MR) is 45.3 cm³/mol. The van der Waals surface area contributed by atoms with Crippen LogP contribution in [-0.4, -0.2) is 0 Å². The van der Waals surface area contributed by atoms with E-state index in [4.69, 9.17) is 4.94 Å². The maximum absolute atomic E-state index is 4.87. The van der Waals surface area contributed by atoms with Crippen molar-refractivity contribution in [3.63, 3.8) is 0 Å². The zero-order chi connectivity index (χ0) is 7.97.